The number of nitro groups is 1. The van der Waals surface area contributed by atoms with Crippen LogP contribution in [0.25, 0.3) is 0 Å². The van der Waals surface area contributed by atoms with Gasteiger partial charge in [-0.3, -0.25) is 16.0 Å². The molecule has 0 radical (unpaired) electrons. The minimum absolute atomic E-state index is 0.0414. The van der Waals surface area contributed by atoms with E-state index >= 15 is 0 Å². The zero-order valence-corrected chi connectivity index (χ0v) is 12.6. The molecule has 0 aliphatic carbocycles. The Hall–Kier alpha value is -1.64. The first-order chi connectivity index (χ1) is 9.61. The summed E-state index contributed by atoms with van der Waals surface area (Å²) < 4.78 is 0.920. The first kappa shape index (κ1) is 14.8. The highest BCUT2D eigenvalue weighted by molar-refractivity contribution is 9.10. The summed E-state index contributed by atoms with van der Waals surface area (Å²) in [7, 11) is 0. The number of hydrazine groups is 1. The molecule has 20 heavy (non-hydrogen) atoms. The van der Waals surface area contributed by atoms with Gasteiger partial charge >= 0.3 is 0 Å². The SMILES string of the molecule is NNc1cc(CSc2ncccc2Br)ccc1[N+](=O)[O-]. The molecule has 0 bridgehead atoms. The second kappa shape index (κ2) is 6.69. The van der Waals surface area contributed by atoms with Crippen LogP contribution in [0.5, 0.6) is 0 Å². The summed E-state index contributed by atoms with van der Waals surface area (Å²) in [6.07, 6.45) is 1.72. The van der Waals surface area contributed by atoms with Crippen molar-refractivity contribution in [1.82, 2.24) is 4.98 Å². The molecular formula is C12H11BrN4O2S. The van der Waals surface area contributed by atoms with Gasteiger partial charge < -0.3 is 5.43 Å². The van der Waals surface area contributed by atoms with E-state index in [1.165, 1.54) is 17.8 Å². The van der Waals surface area contributed by atoms with Crippen LogP contribution in [0.2, 0.25) is 0 Å². The molecule has 104 valence electrons. The molecule has 0 fully saturated rings. The molecule has 0 spiro atoms. The van der Waals surface area contributed by atoms with Crippen molar-refractivity contribution in [3.05, 3.63) is 56.7 Å². The molecule has 0 saturated carbocycles. The quantitative estimate of drug-likeness (QED) is 0.370. The molecule has 3 N–H and O–H groups in total. The molecule has 2 rings (SSSR count). The van der Waals surface area contributed by atoms with Crippen molar-refractivity contribution >= 4 is 39.1 Å². The Labute approximate surface area is 128 Å². The number of nitrogens with two attached hydrogens (primary N) is 1. The van der Waals surface area contributed by atoms with Gasteiger partial charge in [0.05, 0.1) is 4.92 Å². The van der Waals surface area contributed by atoms with E-state index in [0.717, 1.165) is 15.1 Å². The molecule has 1 aromatic carbocycles. The minimum Gasteiger partial charge on any atom is -0.318 e. The van der Waals surface area contributed by atoms with Crippen molar-refractivity contribution in [3.8, 4) is 0 Å². The lowest BCUT2D eigenvalue weighted by molar-refractivity contribution is -0.384. The van der Waals surface area contributed by atoms with Gasteiger partial charge in [0, 0.05) is 22.5 Å². The predicted octanol–water partition coefficient (Wildman–Crippen LogP) is 3.33. The number of aromatic nitrogens is 1. The number of thioether (sulfide) groups is 1. The lowest BCUT2D eigenvalue weighted by Crippen LogP contribution is -2.09. The number of nitrogen functional groups attached to an aromatic ring is 1. The molecule has 8 heteroatoms. The number of rotatable bonds is 5. The summed E-state index contributed by atoms with van der Waals surface area (Å²) in [5.74, 6) is 5.95. The number of halogens is 1. The van der Waals surface area contributed by atoms with E-state index in [4.69, 9.17) is 5.84 Å². The number of pyridine rings is 1. The van der Waals surface area contributed by atoms with Crippen LogP contribution in [0.15, 0.2) is 46.0 Å². The highest BCUT2D eigenvalue weighted by Crippen LogP contribution is 2.30. The van der Waals surface area contributed by atoms with Crippen molar-refractivity contribution in [2.24, 2.45) is 5.84 Å². The number of nitro benzene ring substituents is 1. The van der Waals surface area contributed by atoms with Crippen LogP contribution in [-0.2, 0) is 5.75 Å². The number of nitrogens with one attached hydrogen (secondary N) is 1. The summed E-state index contributed by atoms with van der Waals surface area (Å²) in [6.45, 7) is 0. The molecule has 0 amide bonds. The largest absolute Gasteiger partial charge is 0.318 e. The van der Waals surface area contributed by atoms with Gasteiger partial charge in [0.2, 0.25) is 0 Å². The number of hydrogen-bond acceptors (Lipinski definition) is 6. The summed E-state index contributed by atoms with van der Waals surface area (Å²) >= 11 is 4.96. The topological polar surface area (TPSA) is 94.1 Å². The van der Waals surface area contributed by atoms with Crippen molar-refractivity contribution in [2.75, 3.05) is 5.43 Å². The predicted molar refractivity (Wildman–Crippen MR) is 82.4 cm³/mol. The van der Waals surface area contributed by atoms with Gasteiger partial charge in [-0.25, -0.2) is 4.98 Å². The average molecular weight is 355 g/mol. The number of nitrogens with zero attached hydrogens (tertiary/aromatic N) is 2. The van der Waals surface area contributed by atoms with Crippen LogP contribution < -0.4 is 11.3 Å². The van der Waals surface area contributed by atoms with E-state index < -0.39 is 4.92 Å². The van der Waals surface area contributed by atoms with Gasteiger partial charge in [-0.1, -0.05) is 6.07 Å². The smallest absolute Gasteiger partial charge is 0.293 e. The molecule has 1 aromatic heterocycles. The molecule has 1 heterocycles. The summed E-state index contributed by atoms with van der Waals surface area (Å²) in [6, 6.07) is 8.58. The lowest BCUT2D eigenvalue weighted by Gasteiger charge is -2.06. The maximum atomic E-state index is 10.8. The standard InChI is InChI=1S/C12H11BrN4O2S/c13-9-2-1-5-15-12(9)20-7-8-3-4-11(17(18)19)10(6-8)16-14/h1-6,16H,7,14H2. The second-order valence-electron chi connectivity index (χ2n) is 3.83. The Bertz CT molecular complexity index is 639. The fraction of sp³-hybridized carbons (Fsp3) is 0.0833. The number of benzene rings is 1. The van der Waals surface area contributed by atoms with E-state index in [9.17, 15) is 10.1 Å². The van der Waals surface area contributed by atoms with Crippen LogP contribution in [0.4, 0.5) is 11.4 Å². The van der Waals surface area contributed by atoms with E-state index in [-0.39, 0.29) is 5.69 Å². The van der Waals surface area contributed by atoms with Crippen molar-refractivity contribution in [1.29, 1.82) is 0 Å². The first-order valence-corrected chi connectivity index (χ1v) is 7.37. The second-order valence-corrected chi connectivity index (χ2v) is 5.65. The zero-order chi connectivity index (χ0) is 14.5. The maximum Gasteiger partial charge on any atom is 0.293 e. The maximum absolute atomic E-state index is 10.8. The van der Waals surface area contributed by atoms with Gasteiger partial charge in [0.15, 0.2) is 0 Å². The van der Waals surface area contributed by atoms with Crippen LogP contribution in [0.3, 0.4) is 0 Å². The minimum atomic E-state index is -0.471. The molecule has 6 nitrogen and oxygen atoms in total. The van der Waals surface area contributed by atoms with Gasteiger partial charge in [-0.2, -0.15) is 0 Å². The summed E-state index contributed by atoms with van der Waals surface area (Å²) in [5.41, 5.74) is 3.53. The molecule has 0 unspecified atom stereocenters. The monoisotopic (exact) mass is 354 g/mol. The number of hydrogen-bond donors (Lipinski definition) is 2. The molecule has 0 aliphatic rings. The van der Waals surface area contributed by atoms with E-state index in [2.05, 4.69) is 26.3 Å². The highest BCUT2D eigenvalue weighted by atomic mass is 79.9. The molecule has 0 aliphatic heterocycles. The first-order valence-electron chi connectivity index (χ1n) is 5.59. The average Bonchev–Trinajstić information content (AvgIpc) is 2.46. The van der Waals surface area contributed by atoms with Gasteiger partial charge in [-0.15, -0.1) is 11.8 Å². The molecular weight excluding hydrogens is 344 g/mol. The van der Waals surface area contributed by atoms with Crippen molar-refractivity contribution in [2.45, 2.75) is 10.8 Å². The molecule has 2 aromatic rings. The Balaban J connectivity index is 2.15. The number of anilines is 1. The Kier molecular flexibility index (Phi) is 4.94. The lowest BCUT2D eigenvalue weighted by atomic mass is 10.2. The van der Waals surface area contributed by atoms with Crippen LogP contribution in [0.1, 0.15) is 5.56 Å². The van der Waals surface area contributed by atoms with E-state index in [1.54, 1.807) is 18.3 Å². The highest BCUT2D eigenvalue weighted by Gasteiger charge is 2.13. The Morgan fingerprint density at radius 1 is 1.45 bits per heavy atom. The fourth-order valence-electron chi connectivity index (χ4n) is 1.58. The van der Waals surface area contributed by atoms with E-state index in [1.807, 2.05) is 12.1 Å². The van der Waals surface area contributed by atoms with Crippen LogP contribution >= 0.6 is 27.7 Å². The third-order valence-electron chi connectivity index (χ3n) is 2.51. The van der Waals surface area contributed by atoms with Crippen molar-refractivity contribution < 1.29 is 4.92 Å². The third kappa shape index (κ3) is 3.47. The third-order valence-corrected chi connectivity index (χ3v) is 4.49. The molecule has 0 saturated heterocycles. The zero-order valence-electron chi connectivity index (χ0n) is 10.2. The normalized spacial score (nSPS) is 10.3. The van der Waals surface area contributed by atoms with Gasteiger partial charge in [0.1, 0.15) is 10.7 Å². The van der Waals surface area contributed by atoms with Crippen LogP contribution in [0, 0.1) is 10.1 Å². The Morgan fingerprint density at radius 2 is 2.25 bits per heavy atom. The Morgan fingerprint density at radius 3 is 2.90 bits per heavy atom. The van der Waals surface area contributed by atoms with Crippen LogP contribution in [-0.4, -0.2) is 9.91 Å². The summed E-state index contributed by atoms with van der Waals surface area (Å²) in [4.78, 5) is 14.6. The molecule has 0 atom stereocenters. The fourth-order valence-corrected chi connectivity index (χ4v) is 3.00. The van der Waals surface area contributed by atoms with E-state index in [0.29, 0.717) is 11.4 Å². The van der Waals surface area contributed by atoms with Gasteiger partial charge in [0.25, 0.3) is 5.69 Å². The van der Waals surface area contributed by atoms with Gasteiger partial charge in [-0.05, 0) is 39.7 Å². The van der Waals surface area contributed by atoms with Crippen molar-refractivity contribution in [3.63, 3.8) is 0 Å². The summed E-state index contributed by atoms with van der Waals surface area (Å²) in [5, 5.41) is 11.7.